The Hall–Kier alpha value is -0.271. The summed E-state index contributed by atoms with van der Waals surface area (Å²) in [4.78, 5) is 12.0. The topological polar surface area (TPSA) is 40.2 Å². The molecule has 0 unspecified atom stereocenters. The largest absolute Gasteiger partial charge is 0.0767 e. The minimum absolute atomic E-state index is 0. The molecule has 1 radical (unpaired) electrons. The van der Waals surface area contributed by atoms with Crippen molar-refractivity contribution in [2.75, 3.05) is 7.05 Å². The second-order valence-electron chi connectivity index (χ2n) is 6.57. The molecule has 0 N–H and O–H groups in total. The van der Waals surface area contributed by atoms with E-state index in [4.69, 9.17) is 16.9 Å². The number of carbonyl (C=O) groups excluding carboxylic acids is 1. The van der Waals surface area contributed by atoms with Crippen LogP contribution in [0.3, 0.4) is 0 Å². The van der Waals surface area contributed by atoms with Gasteiger partial charge in [0, 0.05) is 23.5 Å². The molecule has 1 rings (SSSR count). The second-order valence-corrected chi connectivity index (χ2v) is 11.0. The van der Waals surface area contributed by atoms with Gasteiger partial charge in [0.05, 0.1) is 6.41 Å². The van der Waals surface area contributed by atoms with Crippen LogP contribution in [0.5, 0.6) is 0 Å². The van der Waals surface area contributed by atoms with Gasteiger partial charge in [-0.2, -0.15) is 12.2 Å². The quantitative estimate of drug-likeness (QED) is 0.171. The van der Waals surface area contributed by atoms with E-state index >= 15 is 0 Å². The molecule has 0 fully saturated rings. The number of hydrogen-bond acceptors (Lipinski definition) is 2. The van der Waals surface area contributed by atoms with E-state index in [0.717, 1.165) is 4.73 Å². The van der Waals surface area contributed by atoms with Gasteiger partial charge in [0.2, 0.25) is 0 Å². The predicted molar refractivity (Wildman–Crippen MR) is 99.0 cm³/mol. The van der Waals surface area contributed by atoms with Crippen molar-refractivity contribution >= 4 is 31.3 Å². The zero-order valence-corrected chi connectivity index (χ0v) is 17.7. The first-order valence-electron chi connectivity index (χ1n) is 6.84. The van der Waals surface area contributed by atoms with Gasteiger partial charge in [-0.05, 0) is 22.1 Å². The van der Waals surface area contributed by atoms with Crippen molar-refractivity contribution in [1.82, 2.24) is 4.90 Å². The summed E-state index contributed by atoms with van der Waals surface area (Å²) in [7, 11) is 1.13. The van der Waals surface area contributed by atoms with Crippen molar-refractivity contribution in [2.24, 2.45) is 0 Å². The summed E-state index contributed by atoms with van der Waals surface area (Å²) in [6, 6.07) is 0. The normalized spacial score (nSPS) is 12.3. The van der Waals surface area contributed by atoms with Crippen LogP contribution in [0.25, 0.3) is 0 Å². The van der Waals surface area contributed by atoms with Crippen LogP contribution in [0.15, 0.2) is 24.3 Å². The van der Waals surface area contributed by atoms with Crippen molar-refractivity contribution in [3.05, 3.63) is 37.4 Å². The molecule has 3 nitrogen and oxygen atoms in total. The summed E-state index contributed by atoms with van der Waals surface area (Å²) in [6.07, 6.45) is 11.8. The van der Waals surface area contributed by atoms with E-state index in [0.29, 0.717) is 0 Å². The van der Waals surface area contributed by atoms with E-state index in [-0.39, 0.29) is 27.4 Å². The van der Waals surface area contributed by atoms with E-state index in [1.165, 1.54) is 4.90 Å². The van der Waals surface area contributed by atoms with Crippen LogP contribution in [0.1, 0.15) is 41.5 Å². The summed E-state index contributed by atoms with van der Waals surface area (Å²) in [5.41, 5.74) is 0. The maximum Gasteiger partial charge on any atom is 0.00506 e. The molecule has 0 aliphatic heterocycles. The maximum absolute atomic E-state index is 10.6. The summed E-state index contributed by atoms with van der Waals surface area (Å²) >= 11 is 5.39. The molecule has 0 aromatic carbocycles. The van der Waals surface area contributed by atoms with Crippen LogP contribution in [-0.2, 0) is 26.5 Å². The smallest absolute Gasteiger partial charge is 0.00506 e. The first-order chi connectivity index (χ1) is 10.0. The first kappa shape index (κ1) is 27.6. The van der Waals surface area contributed by atoms with Crippen LogP contribution < -0.4 is 0 Å². The fourth-order valence-corrected chi connectivity index (χ4v) is 7.27. The standard InChI is InChI=1S/C11H21NOPS.C5H5.CO.Fe/c1-10(2,3)14(11(4,5)6)9(15)12(7)8-13;1-2-4-5-3-1;1-2;/h1-7H3;1-5H;;/q-1;;;. The predicted octanol–water partition coefficient (Wildman–Crippen LogP) is 4.63. The van der Waals surface area contributed by atoms with Crippen LogP contribution in [0.4, 0.5) is 0 Å². The van der Waals surface area contributed by atoms with Gasteiger partial charge in [-0.25, -0.2) is 0 Å². The fraction of sp³-hybridized carbons (Fsp3) is 0.529. The van der Waals surface area contributed by atoms with E-state index in [1.54, 1.807) is 7.05 Å². The third kappa shape index (κ3) is 11.8. The molecule has 0 heterocycles. The van der Waals surface area contributed by atoms with Crippen molar-refractivity contribution in [2.45, 2.75) is 51.9 Å². The minimum atomic E-state index is -0.554. The van der Waals surface area contributed by atoms with Gasteiger partial charge in [0.25, 0.3) is 0 Å². The number of amides is 1. The molecule has 0 aromatic heterocycles. The molecule has 0 saturated carbocycles. The third-order valence-electron chi connectivity index (χ3n) is 2.51. The summed E-state index contributed by atoms with van der Waals surface area (Å²) in [6.45, 7) is 17.6. The number of thiocarbonyl (C=S) groups is 1. The molecule has 1 aliphatic rings. The Labute approximate surface area is 158 Å². The van der Waals surface area contributed by atoms with Gasteiger partial charge in [-0.15, -0.1) is 7.92 Å². The molecule has 6 heteroatoms. The fourth-order valence-electron chi connectivity index (χ4n) is 2.09. The van der Waals surface area contributed by atoms with Gasteiger partial charge in [0.15, 0.2) is 0 Å². The number of hydrogen-bond donors (Lipinski definition) is 0. The van der Waals surface area contributed by atoms with E-state index in [2.05, 4.69) is 48.2 Å². The molecule has 0 aromatic rings. The summed E-state index contributed by atoms with van der Waals surface area (Å²) in [5, 5.41) is 0.214. The Morgan fingerprint density at radius 3 is 1.57 bits per heavy atom. The van der Waals surface area contributed by atoms with Crippen LogP contribution in [0, 0.1) is 13.1 Å². The molecular weight excluding hydrogens is 369 g/mol. The molecule has 0 saturated heterocycles. The van der Waals surface area contributed by atoms with Gasteiger partial charge in [-0.1, -0.05) is 65.8 Å². The Bertz CT molecular complexity index is 410. The van der Waals surface area contributed by atoms with Gasteiger partial charge >= 0.3 is 11.3 Å². The Balaban J connectivity index is -0.000000415. The molecular formula is C17H26FeNO2PS-. The summed E-state index contributed by atoms with van der Waals surface area (Å²) < 4.78 is 8.24. The Kier molecular flexibility index (Phi) is 15.7. The average molecular weight is 395 g/mol. The first-order valence-corrected chi connectivity index (χ1v) is 8.59. The molecule has 1 amide bonds. The zero-order valence-electron chi connectivity index (χ0n) is 14.9. The molecule has 1 aliphatic carbocycles. The third-order valence-corrected chi connectivity index (χ3v) is 6.70. The zero-order chi connectivity index (χ0) is 18.0. The molecule has 0 spiro atoms. The molecule has 131 valence electrons. The van der Waals surface area contributed by atoms with Crippen molar-refractivity contribution in [3.8, 4) is 0 Å². The van der Waals surface area contributed by atoms with E-state index in [9.17, 15) is 4.79 Å². The molecule has 0 bridgehead atoms. The van der Waals surface area contributed by atoms with Crippen LogP contribution >= 0.6 is 20.1 Å². The Morgan fingerprint density at radius 2 is 1.39 bits per heavy atom. The molecule has 0 atom stereocenters. The van der Waals surface area contributed by atoms with Gasteiger partial charge < -0.3 is 9.69 Å². The van der Waals surface area contributed by atoms with Crippen LogP contribution in [0.2, 0.25) is 0 Å². The Morgan fingerprint density at radius 1 is 1.04 bits per heavy atom. The van der Waals surface area contributed by atoms with E-state index in [1.807, 2.05) is 37.1 Å². The van der Waals surface area contributed by atoms with Gasteiger partial charge in [0.1, 0.15) is 0 Å². The minimum Gasteiger partial charge on any atom is -0.0767 e. The van der Waals surface area contributed by atoms with Gasteiger partial charge in [-0.3, -0.25) is 0 Å². The monoisotopic (exact) mass is 395 g/mol. The SMILES string of the molecule is CN([C-]=O)C(=S)P(C(C)(C)C)C(C)(C)C.[C-]#[O+].[CH]1C=CC=C1.[Fe]. The number of allylic oxidation sites excluding steroid dienone is 4. The second kappa shape index (κ2) is 13.1. The van der Waals surface area contributed by atoms with E-state index < -0.39 is 7.92 Å². The summed E-state index contributed by atoms with van der Waals surface area (Å²) in [5.74, 6) is 0. The van der Waals surface area contributed by atoms with Crippen LogP contribution in [-0.4, -0.2) is 33.4 Å². The van der Waals surface area contributed by atoms with Crippen molar-refractivity contribution < 1.29 is 26.5 Å². The van der Waals surface area contributed by atoms with Crippen molar-refractivity contribution in [3.63, 3.8) is 0 Å². The number of rotatable bonds is 2. The number of nitrogens with zero attached hydrogens (tertiary/aromatic N) is 1. The maximum atomic E-state index is 10.6. The average Bonchev–Trinajstić information content (AvgIpc) is 2.95. The van der Waals surface area contributed by atoms with Crippen molar-refractivity contribution in [1.29, 1.82) is 0 Å². The molecule has 23 heavy (non-hydrogen) atoms.